The van der Waals surface area contributed by atoms with Crippen molar-refractivity contribution in [2.24, 2.45) is 0 Å². The van der Waals surface area contributed by atoms with E-state index in [4.69, 9.17) is 9.84 Å². The van der Waals surface area contributed by atoms with Gasteiger partial charge in [0.25, 0.3) is 0 Å². The Hall–Kier alpha value is -3.16. The summed E-state index contributed by atoms with van der Waals surface area (Å²) in [5.41, 5.74) is 1.45. The number of carboxylic acid groups (broad SMARTS) is 1. The van der Waals surface area contributed by atoms with E-state index in [1.807, 2.05) is 0 Å². The molecule has 0 unspecified atom stereocenters. The Morgan fingerprint density at radius 3 is 2.52 bits per heavy atom. The third-order valence-corrected chi connectivity index (χ3v) is 2.78. The Morgan fingerprint density at radius 1 is 1.22 bits per heavy atom. The molecule has 0 aliphatic rings. The van der Waals surface area contributed by atoms with Crippen LogP contribution in [0.3, 0.4) is 0 Å². The fourth-order valence-corrected chi connectivity index (χ4v) is 1.69. The van der Waals surface area contributed by atoms with Crippen molar-refractivity contribution in [3.8, 4) is 5.88 Å². The molecule has 0 atom stereocenters. The van der Waals surface area contributed by atoms with Crippen molar-refractivity contribution in [1.82, 2.24) is 9.97 Å². The topological polar surface area (TPSA) is 111 Å². The summed E-state index contributed by atoms with van der Waals surface area (Å²) >= 11 is 0. The van der Waals surface area contributed by atoms with E-state index in [1.54, 1.807) is 25.1 Å². The molecule has 2 aromatic rings. The minimum absolute atomic E-state index is 0.183. The van der Waals surface area contributed by atoms with Gasteiger partial charge in [-0.1, -0.05) is 0 Å². The SMILES string of the molecule is COC(=O)COc1cc(C)nc(Nc2ccc(C(=O)O)cc2)n1. The molecule has 0 saturated heterocycles. The summed E-state index contributed by atoms with van der Waals surface area (Å²) in [7, 11) is 1.27. The number of carbonyl (C=O) groups is 2. The maximum absolute atomic E-state index is 11.1. The van der Waals surface area contributed by atoms with E-state index >= 15 is 0 Å². The van der Waals surface area contributed by atoms with E-state index < -0.39 is 11.9 Å². The molecule has 0 radical (unpaired) electrons. The number of esters is 1. The number of benzene rings is 1. The van der Waals surface area contributed by atoms with Crippen LogP contribution in [0.5, 0.6) is 5.88 Å². The Labute approximate surface area is 132 Å². The lowest BCUT2D eigenvalue weighted by Gasteiger charge is -2.09. The number of hydrogen-bond donors (Lipinski definition) is 2. The number of ether oxygens (including phenoxy) is 2. The number of anilines is 2. The number of rotatable bonds is 6. The standard InChI is InChI=1S/C15H15N3O5/c1-9-7-12(23-8-13(19)22-2)18-15(16-9)17-11-5-3-10(4-6-11)14(20)21/h3-7H,8H2,1-2H3,(H,20,21)(H,16,17,18). The molecule has 0 aliphatic heterocycles. The Morgan fingerprint density at radius 2 is 1.91 bits per heavy atom. The van der Waals surface area contributed by atoms with Gasteiger partial charge >= 0.3 is 11.9 Å². The summed E-state index contributed by atoms with van der Waals surface area (Å²) in [6.07, 6.45) is 0. The van der Waals surface area contributed by atoms with Crippen LogP contribution in [0.4, 0.5) is 11.6 Å². The second-order valence-electron chi connectivity index (χ2n) is 4.54. The van der Waals surface area contributed by atoms with Crippen LogP contribution in [0.2, 0.25) is 0 Å². The van der Waals surface area contributed by atoms with Crippen molar-refractivity contribution in [1.29, 1.82) is 0 Å². The van der Waals surface area contributed by atoms with Gasteiger partial charge in [0.1, 0.15) is 0 Å². The quantitative estimate of drug-likeness (QED) is 0.776. The molecular weight excluding hydrogens is 302 g/mol. The summed E-state index contributed by atoms with van der Waals surface area (Å²) in [4.78, 5) is 30.2. The van der Waals surface area contributed by atoms with Gasteiger partial charge in [0, 0.05) is 17.4 Å². The highest BCUT2D eigenvalue weighted by Crippen LogP contribution is 2.17. The lowest BCUT2D eigenvalue weighted by molar-refractivity contribution is -0.143. The normalized spacial score (nSPS) is 10.0. The summed E-state index contributed by atoms with van der Waals surface area (Å²) < 4.78 is 9.71. The average Bonchev–Trinajstić information content (AvgIpc) is 2.52. The first-order valence-corrected chi connectivity index (χ1v) is 6.63. The molecule has 0 spiro atoms. The van der Waals surface area contributed by atoms with Crippen LogP contribution in [-0.4, -0.2) is 40.7 Å². The molecule has 1 aromatic carbocycles. The van der Waals surface area contributed by atoms with Crippen molar-refractivity contribution in [2.75, 3.05) is 19.0 Å². The third-order valence-electron chi connectivity index (χ3n) is 2.78. The van der Waals surface area contributed by atoms with Gasteiger partial charge < -0.3 is 19.9 Å². The van der Waals surface area contributed by atoms with Crippen molar-refractivity contribution in [3.63, 3.8) is 0 Å². The highest BCUT2D eigenvalue weighted by molar-refractivity contribution is 5.88. The van der Waals surface area contributed by atoms with Crippen LogP contribution in [0.15, 0.2) is 30.3 Å². The van der Waals surface area contributed by atoms with Crippen LogP contribution in [0, 0.1) is 6.92 Å². The molecule has 1 heterocycles. The highest BCUT2D eigenvalue weighted by Gasteiger charge is 2.07. The number of carbonyl (C=O) groups excluding carboxylic acids is 1. The fourth-order valence-electron chi connectivity index (χ4n) is 1.69. The van der Waals surface area contributed by atoms with Crippen molar-refractivity contribution in [2.45, 2.75) is 6.92 Å². The van der Waals surface area contributed by atoms with Crippen molar-refractivity contribution < 1.29 is 24.2 Å². The van der Waals surface area contributed by atoms with E-state index in [0.29, 0.717) is 11.4 Å². The monoisotopic (exact) mass is 317 g/mol. The molecule has 2 N–H and O–H groups in total. The zero-order valence-electron chi connectivity index (χ0n) is 12.6. The molecule has 2 rings (SSSR count). The van der Waals surface area contributed by atoms with E-state index in [9.17, 15) is 9.59 Å². The number of aryl methyl sites for hydroxylation is 1. The highest BCUT2D eigenvalue weighted by atomic mass is 16.6. The summed E-state index contributed by atoms with van der Waals surface area (Å²) in [6.45, 7) is 1.51. The summed E-state index contributed by atoms with van der Waals surface area (Å²) in [6, 6.07) is 7.72. The molecule has 0 bridgehead atoms. The summed E-state index contributed by atoms with van der Waals surface area (Å²) in [5, 5.41) is 11.8. The largest absolute Gasteiger partial charge is 0.478 e. The lowest BCUT2D eigenvalue weighted by Crippen LogP contribution is -2.13. The first-order valence-electron chi connectivity index (χ1n) is 6.63. The van der Waals surface area contributed by atoms with Crippen LogP contribution in [0.25, 0.3) is 0 Å². The van der Waals surface area contributed by atoms with Gasteiger partial charge in [-0.25, -0.2) is 14.6 Å². The van der Waals surface area contributed by atoms with Crippen LogP contribution in [-0.2, 0) is 9.53 Å². The number of carboxylic acids is 1. The summed E-state index contributed by atoms with van der Waals surface area (Å²) in [5.74, 6) is -1.01. The lowest BCUT2D eigenvalue weighted by atomic mass is 10.2. The van der Waals surface area contributed by atoms with Crippen molar-refractivity contribution >= 4 is 23.6 Å². The minimum atomic E-state index is -0.998. The molecule has 8 nitrogen and oxygen atoms in total. The number of nitrogens with zero attached hydrogens (tertiary/aromatic N) is 2. The smallest absolute Gasteiger partial charge is 0.343 e. The molecule has 0 aliphatic carbocycles. The third kappa shape index (κ3) is 4.67. The van der Waals surface area contributed by atoms with E-state index in [2.05, 4.69) is 20.0 Å². The molecule has 120 valence electrons. The Balaban J connectivity index is 2.11. The van der Waals surface area contributed by atoms with Crippen LogP contribution < -0.4 is 10.1 Å². The number of nitrogens with one attached hydrogen (secondary N) is 1. The molecular formula is C15H15N3O5. The molecule has 0 saturated carbocycles. The van der Waals surface area contributed by atoms with E-state index in [-0.39, 0.29) is 24.0 Å². The van der Waals surface area contributed by atoms with Gasteiger partial charge in [-0.15, -0.1) is 0 Å². The van der Waals surface area contributed by atoms with E-state index in [1.165, 1.54) is 19.2 Å². The second kappa shape index (κ2) is 7.21. The van der Waals surface area contributed by atoms with Crippen LogP contribution in [0.1, 0.15) is 16.1 Å². The molecule has 1 aromatic heterocycles. The van der Waals surface area contributed by atoms with Crippen molar-refractivity contribution in [3.05, 3.63) is 41.6 Å². The molecule has 8 heteroatoms. The predicted molar refractivity (Wildman–Crippen MR) is 81.0 cm³/mol. The van der Waals surface area contributed by atoms with Gasteiger partial charge in [-0.3, -0.25) is 0 Å². The minimum Gasteiger partial charge on any atom is -0.478 e. The maximum atomic E-state index is 11.1. The van der Waals surface area contributed by atoms with Gasteiger partial charge in [0.15, 0.2) is 6.61 Å². The number of hydrogen-bond acceptors (Lipinski definition) is 7. The number of methoxy groups -OCH3 is 1. The number of aromatic carboxylic acids is 1. The Kier molecular flexibility index (Phi) is 5.08. The average molecular weight is 317 g/mol. The van der Waals surface area contributed by atoms with E-state index in [0.717, 1.165) is 0 Å². The second-order valence-corrected chi connectivity index (χ2v) is 4.54. The fraction of sp³-hybridized carbons (Fsp3) is 0.200. The van der Waals surface area contributed by atoms with Gasteiger partial charge in [0.2, 0.25) is 11.8 Å². The molecule has 0 fully saturated rings. The maximum Gasteiger partial charge on any atom is 0.343 e. The predicted octanol–water partition coefficient (Wildman–Crippen LogP) is 1.78. The van der Waals surface area contributed by atoms with Gasteiger partial charge in [0.05, 0.1) is 12.7 Å². The first kappa shape index (κ1) is 16.2. The first-order chi connectivity index (χ1) is 11.0. The van der Waals surface area contributed by atoms with Gasteiger partial charge in [-0.05, 0) is 31.2 Å². The zero-order chi connectivity index (χ0) is 16.8. The number of aromatic nitrogens is 2. The zero-order valence-corrected chi connectivity index (χ0v) is 12.6. The Bertz CT molecular complexity index is 716. The van der Waals surface area contributed by atoms with Gasteiger partial charge in [-0.2, -0.15) is 4.98 Å². The molecule has 0 amide bonds. The van der Waals surface area contributed by atoms with Crippen LogP contribution >= 0.6 is 0 Å². The molecule has 23 heavy (non-hydrogen) atoms.